The molecule has 0 aliphatic rings. The van der Waals surface area contributed by atoms with E-state index in [0.717, 1.165) is 34.4 Å². The van der Waals surface area contributed by atoms with Gasteiger partial charge in [-0.25, -0.2) is 19.9 Å². The van der Waals surface area contributed by atoms with Crippen LogP contribution in [0.2, 0.25) is 0 Å². The monoisotopic (exact) mass is 214 g/mol. The zero-order valence-electron chi connectivity index (χ0n) is 9.94. The SMILES string of the molecule is Cc1cc(-c2cc(C)nc(C)n2)nc(C)n1. The van der Waals surface area contributed by atoms with Crippen molar-refractivity contribution in [1.29, 1.82) is 0 Å². The maximum Gasteiger partial charge on any atom is 0.126 e. The molecule has 2 heterocycles. The van der Waals surface area contributed by atoms with Gasteiger partial charge < -0.3 is 0 Å². The second-order valence-corrected chi connectivity index (χ2v) is 3.88. The Balaban J connectivity index is 2.57. The molecule has 0 amide bonds. The maximum atomic E-state index is 4.39. The fourth-order valence-corrected chi connectivity index (χ4v) is 1.70. The fourth-order valence-electron chi connectivity index (χ4n) is 1.70. The van der Waals surface area contributed by atoms with E-state index in [0.29, 0.717) is 0 Å². The Hall–Kier alpha value is -1.84. The van der Waals surface area contributed by atoms with Crippen LogP contribution in [0.5, 0.6) is 0 Å². The summed E-state index contributed by atoms with van der Waals surface area (Å²) in [7, 11) is 0. The first-order valence-electron chi connectivity index (χ1n) is 5.19. The van der Waals surface area contributed by atoms with Gasteiger partial charge in [0.25, 0.3) is 0 Å². The molecule has 4 heteroatoms. The van der Waals surface area contributed by atoms with Crippen LogP contribution < -0.4 is 0 Å². The second kappa shape index (κ2) is 3.96. The molecule has 0 fully saturated rings. The van der Waals surface area contributed by atoms with E-state index in [2.05, 4.69) is 19.9 Å². The molecule has 0 bridgehead atoms. The lowest BCUT2D eigenvalue weighted by atomic mass is 10.2. The van der Waals surface area contributed by atoms with E-state index in [9.17, 15) is 0 Å². The van der Waals surface area contributed by atoms with Gasteiger partial charge in [0, 0.05) is 11.4 Å². The highest BCUT2D eigenvalue weighted by molar-refractivity contribution is 5.54. The summed E-state index contributed by atoms with van der Waals surface area (Å²) in [6.07, 6.45) is 0. The predicted octanol–water partition coefficient (Wildman–Crippen LogP) is 2.17. The van der Waals surface area contributed by atoms with Gasteiger partial charge in [-0.1, -0.05) is 0 Å². The summed E-state index contributed by atoms with van der Waals surface area (Å²) in [4.78, 5) is 17.3. The molecule has 0 aromatic carbocycles. The van der Waals surface area contributed by atoms with Crippen molar-refractivity contribution in [3.63, 3.8) is 0 Å². The van der Waals surface area contributed by atoms with Crippen molar-refractivity contribution in [2.45, 2.75) is 27.7 Å². The van der Waals surface area contributed by atoms with Crippen molar-refractivity contribution in [2.75, 3.05) is 0 Å². The molecule has 2 aromatic rings. The minimum absolute atomic E-state index is 0.768. The van der Waals surface area contributed by atoms with Gasteiger partial charge in [-0.15, -0.1) is 0 Å². The molecule has 0 radical (unpaired) electrons. The van der Waals surface area contributed by atoms with E-state index in [1.165, 1.54) is 0 Å². The van der Waals surface area contributed by atoms with E-state index in [-0.39, 0.29) is 0 Å². The molecule has 16 heavy (non-hydrogen) atoms. The summed E-state index contributed by atoms with van der Waals surface area (Å²) >= 11 is 0. The fraction of sp³-hybridized carbons (Fsp3) is 0.333. The molecular formula is C12H14N4. The number of aromatic nitrogens is 4. The van der Waals surface area contributed by atoms with Crippen LogP contribution >= 0.6 is 0 Å². The number of aryl methyl sites for hydroxylation is 4. The molecule has 0 N–H and O–H groups in total. The van der Waals surface area contributed by atoms with Crippen molar-refractivity contribution >= 4 is 0 Å². The lowest BCUT2D eigenvalue weighted by Crippen LogP contribution is -1.98. The molecular weight excluding hydrogens is 200 g/mol. The smallest absolute Gasteiger partial charge is 0.126 e. The molecule has 2 rings (SSSR count). The van der Waals surface area contributed by atoms with E-state index < -0.39 is 0 Å². The quantitative estimate of drug-likeness (QED) is 0.730. The van der Waals surface area contributed by atoms with Crippen LogP contribution in [0.15, 0.2) is 12.1 Å². The average Bonchev–Trinajstić information content (AvgIpc) is 2.14. The average molecular weight is 214 g/mol. The number of nitrogens with zero attached hydrogens (tertiary/aromatic N) is 4. The van der Waals surface area contributed by atoms with Gasteiger partial charge in [0.2, 0.25) is 0 Å². The summed E-state index contributed by atoms with van der Waals surface area (Å²) in [6.45, 7) is 7.69. The van der Waals surface area contributed by atoms with Crippen molar-refractivity contribution in [2.24, 2.45) is 0 Å². The van der Waals surface area contributed by atoms with Gasteiger partial charge in [0.05, 0.1) is 11.4 Å². The number of rotatable bonds is 1. The summed E-state index contributed by atoms with van der Waals surface area (Å²) < 4.78 is 0. The molecule has 0 spiro atoms. The molecule has 0 aliphatic heterocycles. The van der Waals surface area contributed by atoms with Crippen molar-refractivity contribution in [1.82, 2.24) is 19.9 Å². The summed E-state index contributed by atoms with van der Waals surface area (Å²) in [5.74, 6) is 1.54. The zero-order valence-corrected chi connectivity index (χ0v) is 9.94. The van der Waals surface area contributed by atoms with Gasteiger partial charge in [0.1, 0.15) is 11.6 Å². The summed E-state index contributed by atoms with van der Waals surface area (Å²) in [5.41, 5.74) is 3.63. The number of hydrogen-bond acceptors (Lipinski definition) is 4. The summed E-state index contributed by atoms with van der Waals surface area (Å²) in [5, 5.41) is 0. The van der Waals surface area contributed by atoms with Crippen LogP contribution in [0.4, 0.5) is 0 Å². The van der Waals surface area contributed by atoms with E-state index in [1.54, 1.807) is 0 Å². The molecule has 0 aliphatic carbocycles. The number of hydrogen-bond donors (Lipinski definition) is 0. The van der Waals surface area contributed by atoms with Crippen LogP contribution in [0, 0.1) is 27.7 Å². The molecule has 0 unspecified atom stereocenters. The van der Waals surface area contributed by atoms with Gasteiger partial charge in [-0.2, -0.15) is 0 Å². The van der Waals surface area contributed by atoms with Crippen LogP contribution in [-0.2, 0) is 0 Å². The van der Waals surface area contributed by atoms with Gasteiger partial charge in [-0.3, -0.25) is 0 Å². The van der Waals surface area contributed by atoms with Crippen molar-refractivity contribution in [3.05, 3.63) is 35.2 Å². The molecule has 0 saturated heterocycles. The first-order chi connectivity index (χ1) is 7.54. The highest BCUT2D eigenvalue weighted by Crippen LogP contribution is 2.16. The van der Waals surface area contributed by atoms with Crippen LogP contribution in [0.3, 0.4) is 0 Å². The highest BCUT2D eigenvalue weighted by Gasteiger charge is 2.05. The predicted molar refractivity (Wildman–Crippen MR) is 62.0 cm³/mol. The summed E-state index contributed by atoms with van der Waals surface area (Å²) in [6, 6.07) is 3.88. The van der Waals surface area contributed by atoms with Gasteiger partial charge in [-0.05, 0) is 39.8 Å². The molecule has 2 aromatic heterocycles. The first-order valence-corrected chi connectivity index (χ1v) is 5.19. The van der Waals surface area contributed by atoms with Gasteiger partial charge >= 0.3 is 0 Å². The largest absolute Gasteiger partial charge is 0.239 e. The highest BCUT2D eigenvalue weighted by atomic mass is 14.9. The Morgan fingerprint density at radius 1 is 0.625 bits per heavy atom. The van der Waals surface area contributed by atoms with E-state index in [1.807, 2.05) is 39.8 Å². The third-order valence-corrected chi connectivity index (χ3v) is 2.19. The standard InChI is InChI=1S/C12H14N4/c1-7-5-11(15-9(3)13-7)12-6-8(2)14-10(4)16-12/h5-6H,1-4H3. The van der Waals surface area contributed by atoms with E-state index in [4.69, 9.17) is 0 Å². The Morgan fingerprint density at radius 2 is 1.00 bits per heavy atom. The lowest BCUT2D eigenvalue weighted by molar-refractivity contribution is 0.981. The third kappa shape index (κ3) is 2.21. The van der Waals surface area contributed by atoms with Crippen molar-refractivity contribution < 1.29 is 0 Å². The Bertz CT molecular complexity index is 445. The molecule has 4 nitrogen and oxygen atoms in total. The van der Waals surface area contributed by atoms with Gasteiger partial charge in [0.15, 0.2) is 0 Å². The minimum atomic E-state index is 0.768. The lowest BCUT2D eigenvalue weighted by Gasteiger charge is -2.04. The minimum Gasteiger partial charge on any atom is -0.239 e. The van der Waals surface area contributed by atoms with Crippen LogP contribution in [0.25, 0.3) is 11.4 Å². The molecule has 82 valence electrons. The Labute approximate surface area is 94.8 Å². The normalized spacial score (nSPS) is 10.5. The van der Waals surface area contributed by atoms with Crippen LogP contribution in [-0.4, -0.2) is 19.9 Å². The first kappa shape index (κ1) is 10.7. The third-order valence-electron chi connectivity index (χ3n) is 2.19. The zero-order chi connectivity index (χ0) is 11.7. The molecule has 0 atom stereocenters. The Kier molecular flexibility index (Phi) is 2.64. The van der Waals surface area contributed by atoms with Crippen LogP contribution in [0.1, 0.15) is 23.0 Å². The van der Waals surface area contributed by atoms with Crippen molar-refractivity contribution in [3.8, 4) is 11.4 Å². The maximum absolute atomic E-state index is 4.39. The second-order valence-electron chi connectivity index (χ2n) is 3.88. The topological polar surface area (TPSA) is 51.6 Å². The Morgan fingerprint density at radius 3 is 1.31 bits per heavy atom. The van der Waals surface area contributed by atoms with E-state index >= 15 is 0 Å². The molecule has 0 saturated carbocycles.